The number of rotatable bonds is 8. The fourth-order valence-electron chi connectivity index (χ4n) is 6.83. The Labute approximate surface area is 224 Å². The highest BCUT2D eigenvalue weighted by Gasteiger charge is 2.55. The molecule has 4 atom stereocenters. The average Bonchev–Trinajstić information content (AvgIpc) is 3.34. The molecule has 0 spiro atoms. The van der Waals surface area contributed by atoms with Crippen LogP contribution in [0, 0.1) is 32.8 Å². The summed E-state index contributed by atoms with van der Waals surface area (Å²) in [7, 11) is 0. The van der Waals surface area contributed by atoms with Gasteiger partial charge >= 0.3 is 0 Å². The molecule has 9 heteroatoms. The molecule has 2 saturated carbocycles. The van der Waals surface area contributed by atoms with Gasteiger partial charge in [-0.15, -0.1) is 5.10 Å². The van der Waals surface area contributed by atoms with Crippen LogP contribution in [0.2, 0.25) is 0 Å². The predicted octanol–water partition coefficient (Wildman–Crippen LogP) is 5.29. The zero-order valence-electron chi connectivity index (χ0n) is 22.8. The van der Waals surface area contributed by atoms with Gasteiger partial charge in [0.1, 0.15) is 5.69 Å². The highest BCUT2D eigenvalue weighted by molar-refractivity contribution is 5.88. The van der Waals surface area contributed by atoms with Crippen LogP contribution in [0.25, 0.3) is 5.69 Å². The largest absolute Gasteiger partial charge is 0.393 e. The Morgan fingerprint density at radius 3 is 2.68 bits per heavy atom. The number of nitrogens with zero attached hydrogens (tertiary/aromatic N) is 4. The summed E-state index contributed by atoms with van der Waals surface area (Å²) in [4.78, 5) is 23.0. The first kappa shape index (κ1) is 27.7. The van der Waals surface area contributed by atoms with Gasteiger partial charge < -0.3 is 10.4 Å². The van der Waals surface area contributed by atoms with Crippen LogP contribution in [0.15, 0.2) is 54.3 Å². The van der Waals surface area contributed by atoms with Crippen LogP contribution in [0.1, 0.15) is 71.9 Å². The molecule has 2 fully saturated rings. The summed E-state index contributed by atoms with van der Waals surface area (Å²) in [5.74, 6) is 0.663. The van der Waals surface area contributed by atoms with Gasteiger partial charge in [-0.25, -0.2) is 4.68 Å². The summed E-state index contributed by atoms with van der Waals surface area (Å²) < 4.78 is 1.52. The number of amides is 1. The Hall–Kier alpha value is -3.33. The topological polar surface area (TPSA) is 123 Å². The van der Waals surface area contributed by atoms with Crippen molar-refractivity contribution in [3.05, 3.63) is 70.1 Å². The molecular weight excluding hydrogens is 482 g/mol. The van der Waals surface area contributed by atoms with Crippen molar-refractivity contribution in [3.8, 4) is 5.69 Å². The van der Waals surface area contributed by atoms with Crippen LogP contribution in [0.3, 0.4) is 0 Å². The minimum Gasteiger partial charge on any atom is -0.393 e. The zero-order valence-corrected chi connectivity index (χ0v) is 22.8. The zero-order chi connectivity index (χ0) is 27.7. The van der Waals surface area contributed by atoms with E-state index in [9.17, 15) is 20.0 Å². The monoisotopic (exact) mass is 521 g/mol. The molecule has 9 nitrogen and oxygen atoms in total. The number of allylic oxidation sites excluding steroid dienone is 2. The summed E-state index contributed by atoms with van der Waals surface area (Å²) >= 11 is 0. The molecule has 1 amide bonds. The lowest BCUT2D eigenvalue weighted by Gasteiger charge is -2.59. The van der Waals surface area contributed by atoms with Gasteiger partial charge in [0.05, 0.1) is 29.5 Å². The van der Waals surface area contributed by atoms with Gasteiger partial charge in [0.15, 0.2) is 0 Å². The number of carbonyl (C=O) groups is 1. The quantitative estimate of drug-likeness (QED) is 0.211. The van der Waals surface area contributed by atoms with Gasteiger partial charge in [-0.1, -0.05) is 43.7 Å². The van der Waals surface area contributed by atoms with Gasteiger partial charge in [-0.05, 0) is 80.2 Å². The molecule has 0 bridgehead atoms. The molecule has 1 aromatic carbocycles. The van der Waals surface area contributed by atoms with E-state index in [0.717, 1.165) is 44.1 Å². The Balaban J connectivity index is 1.32. The number of non-ortho nitro benzene ring substituents is 1. The Morgan fingerprint density at radius 2 is 2.00 bits per heavy atom. The Kier molecular flexibility index (Phi) is 7.88. The number of aliphatic hydroxyl groups excluding tert-OH is 1. The van der Waals surface area contributed by atoms with E-state index in [2.05, 4.69) is 43.0 Å². The Bertz CT molecular complexity index is 1230. The van der Waals surface area contributed by atoms with Crippen molar-refractivity contribution < 1.29 is 14.8 Å². The number of benzene rings is 1. The molecule has 1 aromatic heterocycles. The van der Waals surface area contributed by atoms with Gasteiger partial charge in [-0.2, -0.15) is 0 Å². The number of nitro groups is 1. The van der Waals surface area contributed by atoms with Crippen LogP contribution in [-0.2, 0) is 11.3 Å². The fourth-order valence-corrected chi connectivity index (χ4v) is 6.83. The average molecular weight is 522 g/mol. The molecule has 0 radical (unpaired) electrons. The minimum absolute atomic E-state index is 0.00612. The summed E-state index contributed by atoms with van der Waals surface area (Å²) in [6.45, 7) is 13.5. The van der Waals surface area contributed by atoms with Crippen LogP contribution in [0.5, 0.6) is 0 Å². The van der Waals surface area contributed by atoms with Crippen LogP contribution < -0.4 is 5.32 Å². The van der Waals surface area contributed by atoms with Crippen LogP contribution in [0.4, 0.5) is 5.69 Å². The lowest BCUT2D eigenvalue weighted by atomic mass is 9.46. The molecule has 0 saturated heterocycles. The maximum absolute atomic E-state index is 12.6. The van der Waals surface area contributed by atoms with Gasteiger partial charge in [0.25, 0.3) is 5.69 Å². The maximum Gasteiger partial charge on any atom is 0.269 e. The van der Waals surface area contributed by atoms with Crippen LogP contribution >= 0.6 is 0 Å². The number of carbonyl (C=O) groups excluding carboxylic acids is 1. The molecule has 2 aliphatic rings. The summed E-state index contributed by atoms with van der Waals surface area (Å²) in [5, 5.41) is 32.5. The van der Waals surface area contributed by atoms with E-state index in [1.54, 1.807) is 24.4 Å². The number of aliphatic hydroxyl groups is 1. The van der Waals surface area contributed by atoms with E-state index in [-0.39, 0.29) is 35.1 Å². The first-order valence-electron chi connectivity index (χ1n) is 13.4. The molecular formula is C29H39N5O4. The van der Waals surface area contributed by atoms with E-state index in [0.29, 0.717) is 23.2 Å². The SMILES string of the molecule is C=C1CC[C@@H]2C(C)(C)[C@H](O)CC[C@@]2(C)[C@@H]1CC/C(C)=C/C(=O)NCc1cn(-c2ccc([N+](=O)[O-])cc2)nn1. The highest BCUT2D eigenvalue weighted by Crippen LogP contribution is 2.61. The van der Waals surface area contributed by atoms with Crippen LogP contribution in [-0.4, -0.2) is 37.0 Å². The standard InChI is InChI=1S/C29H39N5O4/c1-19(6-12-24-20(2)7-13-25-28(3,4)26(35)14-15-29(24,25)5)16-27(36)30-17-21-18-33(32-31-21)22-8-10-23(11-9-22)34(37)38/h8-11,16,18,24-26,35H,2,6-7,12-15,17H2,1,3-5H3,(H,30,36)/b19-16+/t24-,25-,26-,29+/m1/s1. The van der Waals surface area contributed by atoms with Gasteiger partial charge in [0, 0.05) is 18.2 Å². The first-order chi connectivity index (χ1) is 17.9. The highest BCUT2D eigenvalue weighted by atomic mass is 16.6. The van der Waals surface area contributed by atoms with Crippen molar-refractivity contribution in [3.63, 3.8) is 0 Å². The summed E-state index contributed by atoms with van der Waals surface area (Å²) in [6.07, 6.45) is 8.79. The van der Waals surface area contributed by atoms with E-state index in [4.69, 9.17) is 0 Å². The number of hydrogen-bond acceptors (Lipinski definition) is 6. The van der Waals surface area contributed by atoms with E-state index >= 15 is 0 Å². The van der Waals surface area contributed by atoms with Crippen molar-refractivity contribution in [1.82, 2.24) is 20.3 Å². The van der Waals surface area contributed by atoms with Gasteiger partial charge in [0.2, 0.25) is 5.91 Å². The molecule has 1 heterocycles. The molecule has 0 aliphatic heterocycles. The second kappa shape index (κ2) is 10.8. The minimum atomic E-state index is -0.452. The first-order valence-corrected chi connectivity index (χ1v) is 13.4. The number of nitro benzene ring substituents is 1. The third-order valence-corrected chi connectivity index (χ3v) is 9.07. The number of fused-ring (bicyclic) bond motifs is 1. The summed E-state index contributed by atoms with van der Waals surface area (Å²) in [6, 6.07) is 6.02. The van der Waals surface area contributed by atoms with Crippen molar-refractivity contribution in [2.45, 2.75) is 78.9 Å². The van der Waals surface area contributed by atoms with Crippen molar-refractivity contribution in [1.29, 1.82) is 0 Å². The lowest BCUT2D eigenvalue weighted by molar-refractivity contribution is -0.384. The van der Waals surface area contributed by atoms with E-state index < -0.39 is 4.92 Å². The maximum atomic E-state index is 12.6. The third-order valence-electron chi connectivity index (χ3n) is 9.07. The smallest absolute Gasteiger partial charge is 0.269 e. The predicted molar refractivity (Wildman–Crippen MR) is 145 cm³/mol. The molecule has 38 heavy (non-hydrogen) atoms. The second-order valence-electron chi connectivity index (χ2n) is 11.9. The normalized spacial score (nSPS) is 27.0. The Morgan fingerprint density at radius 1 is 1.29 bits per heavy atom. The van der Waals surface area contributed by atoms with E-state index in [1.165, 1.54) is 22.4 Å². The van der Waals surface area contributed by atoms with Gasteiger partial charge in [-0.3, -0.25) is 14.9 Å². The van der Waals surface area contributed by atoms with Crippen molar-refractivity contribution in [2.24, 2.45) is 22.7 Å². The molecule has 4 rings (SSSR count). The molecule has 204 valence electrons. The third kappa shape index (κ3) is 5.57. The number of aromatic nitrogens is 3. The second-order valence-corrected chi connectivity index (χ2v) is 11.9. The number of hydrogen-bond donors (Lipinski definition) is 2. The molecule has 2 N–H and O–H groups in total. The summed E-state index contributed by atoms with van der Waals surface area (Å²) in [5.41, 5.74) is 3.59. The van der Waals surface area contributed by atoms with E-state index in [1.807, 2.05) is 6.92 Å². The fraction of sp³-hybridized carbons (Fsp3) is 0.552. The molecule has 2 aliphatic carbocycles. The van der Waals surface area contributed by atoms with Crippen molar-refractivity contribution >= 4 is 11.6 Å². The van der Waals surface area contributed by atoms with Crippen molar-refractivity contribution in [2.75, 3.05) is 0 Å². The lowest BCUT2D eigenvalue weighted by Crippen LogP contribution is -2.54. The molecule has 0 unspecified atom stereocenters. The number of nitrogens with one attached hydrogen (secondary N) is 1. The molecule has 2 aromatic rings.